The van der Waals surface area contributed by atoms with Gasteiger partial charge in [0, 0.05) is 22.5 Å². The van der Waals surface area contributed by atoms with Crippen LogP contribution >= 0.6 is 0 Å². The molecule has 0 radical (unpaired) electrons. The lowest BCUT2D eigenvalue weighted by Crippen LogP contribution is -2.49. The van der Waals surface area contributed by atoms with Gasteiger partial charge in [-0.15, -0.1) is 12.8 Å². The molecule has 0 spiro atoms. The van der Waals surface area contributed by atoms with E-state index in [2.05, 4.69) is 22.5 Å². The molecular weight excluding hydrogens is 448 g/mol. The molecule has 2 amide bonds. The van der Waals surface area contributed by atoms with E-state index in [1.807, 2.05) is 0 Å². The molecule has 8 heteroatoms. The molecule has 2 bridgehead atoms. The Kier molecular flexibility index (Phi) is 6.31. The van der Waals surface area contributed by atoms with Crippen molar-refractivity contribution in [1.82, 2.24) is 0 Å². The van der Waals surface area contributed by atoms with Gasteiger partial charge in [0.1, 0.15) is 0 Å². The smallest absolute Gasteiger partial charge is 0.307 e. The zero-order chi connectivity index (χ0) is 25.3. The third-order valence-electron chi connectivity index (χ3n) is 6.98. The van der Waals surface area contributed by atoms with Gasteiger partial charge in [0.05, 0.1) is 23.7 Å². The summed E-state index contributed by atoms with van der Waals surface area (Å²) in [5, 5.41) is 25.3. The van der Waals surface area contributed by atoms with Gasteiger partial charge in [0.25, 0.3) is 0 Å². The van der Waals surface area contributed by atoms with Gasteiger partial charge < -0.3 is 20.8 Å². The summed E-state index contributed by atoms with van der Waals surface area (Å²) in [5.41, 5.74) is 2.05. The summed E-state index contributed by atoms with van der Waals surface area (Å²) in [4.78, 5) is 50.7. The Labute approximate surface area is 201 Å². The molecule has 2 aliphatic rings. The summed E-state index contributed by atoms with van der Waals surface area (Å²) in [6.07, 6.45) is 10.8. The number of benzene rings is 2. The first-order valence-electron chi connectivity index (χ1n) is 11.0. The van der Waals surface area contributed by atoms with E-state index in [1.54, 1.807) is 48.5 Å². The largest absolute Gasteiger partial charge is 0.481 e. The predicted molar refractivity (Wildman–Crippen MR) is 127 cm³/mol. The Balaban J connectivity index is 1.59. The van der Waals surface area contributed by atoms with Crippen LogP contribution in [-0.4, -0.2) is 34.0 Å². The fraction of sp³-hybridized carbons (Fsp3) is 0.259. The number of hydrogen-bond donors (Lipinski definition) is 4. The number of hydrogen-bond acceptors (Lipinski definition) is 4. The molecule has 2 fully saturated rings. The molecule has 0 heterocycles. The van der Waals surface area contributed by atoms with Crippen molar-refractivity contribution >= 4 is 35.1 Å². The van der Waals surface area contributed by atoms with Gasteiger partial charge in [-0.25, -0.2) is 0 Å². The van der Waals surface area contributed by atoms with Gasteiger partial charge in [-0.05, 0) is 66.8 Å². The average molecular weight is 470 g/mol. The SMILES string of the molecule is C#Cc1ccc(NC(=O)C2C3CC(C2C(=O)O)C(C(=O)Nc2ccc(C#C)cc2)C3C(=O)O)cc1. The second-order valence-corrected chi connectivity index (χ2v) is 8.76. The highest BCUT2D eigenvalue weighted by Crippen LogP contribution is 2.59. The number of carbonyl (C=O) groups is 4. The van der Waals surface area contributed by atoms with Crippen LogP contribution < -0.4 is 10.6 Å². The van der Waals surface area contributed by atoms with Crippen molar-refractivity contribution < 1.29 is 29.4 Å². The summed E-state index contributed by atoms with van der Waals surface area (Å²) in [6.45, 7) is 0. The average Bonchev–Trinajstić information content (AvgIpc) is 3.42. The maximum absolute atomic E-state index is 13.1. The van der Waals surface area contributed by atoms with Gasteiger partial charge in [-0.2, -0.15) is 0 Å². The fourth-order valence-corrected chi connectivity index (χ4v) is 5.55. The highest BCUT2D eigenvalue weighted by atomic mass is 16.4. The second-order valence-electron chi connectivity index (χ2n) is 8.76. The molecule has 2 saturated carbocycles. The molecule has 4 rings (SSSR count). The van der Waals surface area contributed by atoms with Crippen molar-refractivity contribution in [3.8, 4) is 24.7 Å². The molecule has 0 aromatic heterocycles. The quantitative estimate of drug-likeness (QED) is 0.480. The first kappa shape index (κ1) is 23.6. The number of anilines is 2. The first-order chi connectivity index (χ1) is 16.7. The van der Waals surface area contributed by atoms with Crippen LogP contribution in [0, 0.1) is 60.2 Å². The maximum atomic E-state index is 13.1. The van der Waals surface area contributed by atoms with Gasteiger partial charge >= 0.3 is 11.9 Å². The molecule has 35 heavy (non-hydrogen) atoms. The topological polar surface area (TPSA) is 133 Å². The molecule has 8 nitrogen and oxygen atoms in total. The standard InChI is InChI=1S/C27H22N2O6/c1-3-14-5-9-16(10-6-14)28-24(30)20-18-13-19(22(20)26(32)33)21(23(18)27(34)35)25(31)29-17-11-7-15(4-2)8-12-17/h1-2,5-12,18-23H,13H2,(H,28,30)(H,29,31)(H,32,33)(H,34,35). The van der Waals surface area contributed by atoms with Crippen LogP contribution in [0.15, 0.2) is 48.5 Å². The van der Waals surface area contributed by atoms with E-state index >= 15 is 0 Å². The van der Waals surface area contributed by atoms with Crippen LogP contribution in [0.3, 0.4) is 0 Å². The first-order valence-corrected chi connectivity index (χ1v) is 11.0. The number of terminal acetylenes is 2. The van der Waals surface area contributed by atoms with Crippen molar-refractivity contribution in [2.75, 3.05) is 10.6 Å². The summed E-state index contributed by atoms with van der Waals surface area (Å²) in [6, 6.07) is 12.9. The third-order valence-corrected chi connectivity index (χ3v) is 6.98. The van der Waals surface area contributed by atoms with Gasteiger partial charge in [-0.1, -0.05) is 11.8 Å². The van der Waals surface area contributed by atoms with Crippen molar-refractivity contribution in [3.63, 3.8) is 0 Å². The van der Waals surface area contributed by atoms with Crippen molar-refractivity contribution in [2.24, 2.45) is 35.5 Å². The van der Waals surface area contributed by atoms with Crippen molar-refractivity contribution in [3.05, 3.63) is 59.7 Å². The minimum absolute atomic E-state index is 0.149. The molecule has 176 valence electrons. The highest BCUT2D eigenvalue weighted by Gasteiger charge is 2.66. The minimum Gasteiger partial charge on any atom is -0.481 e. The van der Waals surface area contributed by atoms with Gasteiger partial charge in [0.15, 0.2) is 0 Å². The van der Waals surface area contributed by atoms with E-state index in [-0.39, 0.29) is 6.42 Å². The van der Waals surface area contributed by atoms with E-state index in [9.17, 15) is 29.4 Å². The van der Waals surface area contributed by atoms with Crippen molar-refractivity contribution in [1.29, 1.82) is 0 Å². The van der Waals surface area contributed by atoms with Crippen LogP contribution in [-0.2, 0) is 19.2 Å². The Morgan fingerprint density at radius 2 is 1.00 bits per heavy atom. The molecule has 6 atom stereocenters. The zero-order valence-corrected chi connectivity index (χ0v) is 18.5. The summed E-state index contributed by atoms with van der Waals surface area (Å²) < 4.78 is 0. The lowest BCUT2D eigenvalue weighted by atomic mass is 9.67. The molecule has 6 unspecified atom stereocenters. The number of carboxylic acids is 2. The second kappa shape index (κ2) is 9.36. The summed E-state index contributed by atoms with van der Waals surface area (Å²) >= 11 is 0. The molecule has 0 aliphatic heterocycles. The number of nitrogens with one attached hydrogen (secondary N) is 2. The molecule has 2 aromatic carbocycles. The zero-order valence-electron chi connectivity index (χ0n) is 18.5. The number of rotatable bonds is 6. The van der Waals surface area contributed by atoms with E-state index in [1.165, 1.54) is 0 Å². The Hall–Kier alpha value is -4.56. The Bertz CT molecular complexity index is 1170. The van der Waals surface area contributed by atoms with E-state index in [4.69, 9.17) is 12.8 Å². The molecule has 2 aliphatic carbocycles. The Morgan fingerprint density at radius 1 is 0.657 bits per heavy atom. The van der Waals surface area contributed by atoms with Crippen LogP contribution in [0.25, 0.3) is 0 Å². The normalized spacial score (nSPS) is 26.2. The van der Waals surface area contributed by atoms with E-state index in [0.29, 0.717) is 22.5 Å². The number of fused-ring (bicyclic) bond motifs is 2. The Morgan fingerprint density at radius 3 is 1.29 bits per heavy atom. The number of carboxylic acid groups (broad SMARTS) is 2. The monoisotopic (exact) mass is 470 g/mol. The van der Waals surface area contributed by atoms with E-state index in [0.717, 1.165) is 0 Å². The van der Waals surface area contributed by atoms with Crippen LogP contribution in [0.5, 0.6) is 0 Å². The van der Waals surface area contributed by atoms with Crippen LogP contribution in [0.1, 0.15) is 17.5 Å². The number of amides is 2. The lowest BCUT2D eigenvalue weighted by Gasteiger charge is -2.36. The highest BCUT2D eigenvalue weighted by molar-refractivity contribution is 6.00. The molecule has 4 N–H and O–H groups in total. The van der Waals surface area contributed by atoms with Crippen LogP contribution in [0.4, 0.5) is 11.4 Å². The van der Waals surface area contributed by atoms with Crippen molar-refractivity contribution in [2.45, 2.75) is 6.42 Å². The minimum atomic E-state index is -1.24. The maximum Gasteiger partial charge on any atom is 0.307 e. The van der Waals surface area contributed by atoms with Gasteiger partial charge in [0.2, 0.25) is 11.8 Å². The summed E-state index contributed by atoms with van der Waals surface area (Å²) in [5.74, 6) is -4.91. The molecular formula is C27H22N2O6. The fourth-order valence-electron chi connectivity index (χ4n) is 5.55. The molecule has 2 aromatic rings. The number of carbonyl (C=O) groups excluding carboxylic acids is 2. The predicted octanol–water partition coefficient (Wildman–Crippen LogP) is 2.51. The molecule has 0 saturated heterocycles. The van der Waals surface area contributed by atoms with Crippen LogP contribution in [0.2, 0.25) is 0 Å². The number of aliphatic carboxylic acids is 2. The summed E-state index contributed by atoms with van der Waals surface area (Å²) in [7, 11) is 0. The van der Waals surface area contributed by atoms with E-state index < -0.39 is 59.3 Å². The van der Waals surface area contributed by atoms with Gasteiger partial charge in [-0.3, -0.25) is 19.2 Å². The third kappa shape index (κ3) is 4.34. The lowest BCUT2D eigenvalue weighted by molar-refractivity contribution is -0.159.